The molecular weight excluding hydrogens is 462 g/mol. The van der Waals surface area contributed by atoms with Gasteiger partial charge in [0.2, 0.25) is 5.69 Å². The van der Waals surface area contributed by atoms with Gasteiger partial charge in [-0.2, -0.15) is 8.42 Å². The average Bonchev–Trinajstić information content (AvgIpc) is 2.76. The van der Waals surface area contributed by atoms with E-state index in [4.69, 9.17) is 0 Å². The Bertz CT molecular complexity index is 1310. The summed E-state index contributed by atoms with van der Waals surface area (Å²) in [6.07, 6.45) is 0. The third kappa shape index (κ3) is 5.00. The molecule has 0 spiro atoms. The minimum absolute atomic E-state index is 0.176. The van der Waals surface area contributed by atoms with Crippen LogP contribution in [-0.4, -0.2) is 27.7 Å². The molecule has 0 fully saturated rings. The summed E-state index contributed by atoms with van der Waals surface area (Å²) < 4.78 is 31.8. The molecule has 0 aliphatic heterocycles. The second-order valence-corrected chi connectivity index (χ2v) is 7.80. The zero-order valence-electron chi connectivity index (χ0n) is 16.3. The maximum atomic E-state index is 11.6. The third-order valence-electron chi connectivity index (χ3n) is 4.32. The number of non-ortho nitro benzene ring substituents is 1. The minimum Gasteiger partial charge on any atom is -0.282 e. The Morgan fingerprint density at radius 3 is 1.67 bits per heavy atom. The fourth-order valence-electron chi connectivity index (χ4n) is 2.84. The van der Waals surface area contributed by atoms with E-state index in [0.29, 0.717) is 17.8 Å². The Balaban J connectivity index is 2.21. The molecule has 0 bridgehead atoms. The topological polar surface area (TPSA) is 199 Å². The van der Waals surface area contributed by atoms with E-state index in [-0.39, 0.29) is 5.69 Å². The molecule has 3 rings (SSSR count). The van der Waals surface area contributed by atoms with Crippen molar-refractivity contribution in [3.05, 3.63) is 97.1 Å². The highest BCUT2D eigenvalue weighted by Gasteiger charge is 2.32. The number of anilines is 3. The minimum atomic E-state index is -4.50. The molecule has 0 aliphatic carbocycles. The van der Waals surface area contributed by atoms with Crippen LogP contribution < -0.4 is 10.4 Å². The molecule has 2 N–H and O–H groups in total. The number of hydrazine groups is 1. The smallest absolute Gasteiger partial charge is 0.282 e. The zero-order valence-corrected chi connectivity index (χ0v) is 17.1. The number of nitro groups is 3. The first-order valence-electron chi connectivity index (χ1n) is 8.79. The van der Waals surface area contributed by atoms with Crippen LogP contribution in [0.25, 0.3) is 0 Å². The van der Waals surface area contributed by atoms with Crippen molar-refractivity contribution < 1.29 is 27.7 Å². The first-order chi connectivity index (χ1) is 15.5. The molecule has 0 amide bonds. The fraction of sp³-hybridized carbons (Fsp3) is 0. The number of nitrogens with one attached hydrogen (secondary N) is 1. The molecule has 15 heteroatoms. The molecule has 33 heavy (non-hydrogen) atoms. The van der Waals surface area contributed by atoms with E-state index in [1.165, 1.54) is 17.1 Å². The van der Waals surface area contributed by atoms with Crippen molar-refractivity contribution in [3.63, 3.8) is 0 Å². The van der Waals surface area contributed by atoms with Crippen LogP contribution in [-0.2, 0) is 10.1 Å². The van der Waals surface area contributed by atoms with Crippen LogP contribution in [0.1, 0.15) is 0 Å². The van der Waals surface area contributed by atoms with Crippen molar-refractivity contribution in [2.75, 3.05) is 10.4 Å². The van der Waals surface area contributed by atoms with Crippen molar-refractivity contribution in [1.29, 1.82) is 0 Å². The van der Waals surface area contributed by atoms with Gasteiger partial charge in [0.15, 0.2) is 0 Å². The highest BCUT2D eigenvalue weighted by molar-refractivity contribution is 7.85. The summed E-state index contributed by atoms with van der Waals surface area (Å²) in [6.45, 7) is 0. The number of rotatable bonds is 8. The zero-order chi connectivity index (χ0) is 24.3. The summed E-state index contributed by atoms with van der Waals surface area (Å²) in [5.74, 6) is 0. The number of para-hydroxylation sites is 1. The molecule has 0 atom stereocenters. The molecule has 3 aromatic carbocycles. The number of nitrogens with zero attached hydrogens (tertiary/aromatic N) is 4. The van der Waals surface area contributed by atoms with Crippen molar-refractivity contribution in [3.8, 4) is 0 Å². The van der Waals surface area contributed by atoms with Crippen molar-refractivity contribution in [1.82, 2.24) is 0 Å². The monoisotopic (exact) mass is 475 g/mol. The molecular formula is C18H13N5O9S. The molecule has 0 aromatic heterocycles. The SMILES string of the molecule is O=[N+]([O-])c1cc([N+](=O)[O-])c(NN(c2ccccc2)c2ccc(S(=O)(=O)O)cc2)c([N+](=O)[O-])c1. The molecule has 0 saturated carbocycles. The van der Waals surface area contributed by atoms with Gasteiger partial charge in [0.25, 0.3) is 15.8 Å². The van der Waals surface area contributed by atoms with Gasteiger partial charge in [-0.05, 0) is 36.4 Å². The van der Waals surface area contributed by atoms with Gasteiger partial charge >= 0.3 is 11.4 Å². The van der Waals surface area contributed by atoms with Gasteiger partial charge in [0.05, 0.1) is 43.2 Å². The molecule has 14 nitrogen and oxygen atoms in total. The quantitative estimate of drug-likeness (QED) is 0.272. The van der Waals surface area contributed by atoms with Gasteiger partial charge < -0.3 is 0 Å². The Labute approximate surface area is 184 Å². The van der Waals surface area contributed by atoms with Gasteiger partial charge in [-0.1, -0.05) is 18.2 Å². The summed E-state index contributed by atoms with van der Waals surface area (Å²) in [4.78, 5) is 30.8. The lowest BCUT2D eigenvalue weighted by atomic mass is 10.2. The van der Waals surface area contributed by atoms with E-state index >= 15 is 0 Å². The van der Waals surface area contributed by atoms with Gasteiger partial charge in [-0.3, -0.25) is 45.3 Å². The molecule has 0 radical (unpaired) electrons. The summed E-state index contributed by atoms with van der Waals surface area (Å²) in [7, 11) is -4.50. The lowest BCUT2D eigenvalue weighted by molar-refractivity contribution is -0.401. The number of hydrogen-bond acceptors (Lipinski definition) is 10. The van der Waals surface area contributed by atoms with Crippen LogP contribution in [0.3, 0.4) is 0 Å². The highest BCUT2D eigenvalue weighted by Crippen LogP contribution is 2.40. The maximum absolute atomic E-state index is 11.6. The summed E-state index contributed by atoms with van der Waals surface area (Å²) in [5, 5.41) is 35.5. The van der Waals surface area contributed by atoms with E-state index in [1.54, 1.807) is 30.3 Å². The van der Waals surface area contributed by atoms with Crippen LogP contribution in [0, 0.1) is 30.3 Å². The second kappa shape index (κ2) is 8.85. The first-order valence-corrected chi connectivity index (χ1v) is 10.2. The van der Waals surface area contributed by atoms with Crippen LogP contribution in [0.5, 0.6) is 0 Å². The summed E-state index contributed by atoms with van der Waals surface area (Å²) in [5.41, 5.74) is -0.274. The number of nitro benzene ring substituents is 3. The Hall–Kier alpha value is -4.63. The largest absolute Gasteiger partial charge is 0.308 e. The highest BCUT2D eigenvalue weighted by atomic mass is 32.2. The third-order valence-corrected chi connectivity index (χ3v) is 5.18. The molecule has 3 aromatic rings. The Morgan fingerprint density at radius 2 is 1.24 bits per heavy atom. The van der Waals surface area contributed by atoms with Crippen LogP contribution >= 0.6 is 0 Å². The predicted molar refractivity (Wildman–Crippen MR) is 115 cm³/mol. The molecule has 0 aliphatic rings. The lowest BCUT2D eigenvalue weighted by Gasteiger charge is -2.26. The molecule has 0 saturated heterocycles. The Kier molecular flexibility index (Phi) is 6.18. The van der Waals surface area contributed by atoms with Crippen molar-refractivity contribution in [2.24, 2.45) is 0 Å². The number of hydrogen-bond donors (Lipinski definition) is 2. The maximum Gasteiger partial charge on any atom is 0.308 e. The van der Waals surface area contributed by atoms with E-state index < -0.39 is 52.5 Å². The summed E-state index contributed by atoms with van der Waals surface area (Å²) >= 11 is 0. The van der Waals surface area contributed by atoms with E-state index in [9.17, 15) is 43.3 Å². The van der Waals surface area contributed by atoms with Crippen LogP contribution in [0.4, 0.5) is 34.1 Å². The van der Waals surface area contributed by atoms with Crippen LogP contribution in [0.2, 0.25) is 0 Å². The van der Waals surface area contributed by atoms with Gasteiger partial charge in [-0.25, -0.2) is 0 Å². The fourth-order valence-corrected chi connectivity index (χ4v) is 3.32. The van der Waals surface area contributed by atoms with Crippen molar-refractivity contribution >= 4 is 44.2 Å². The van der Waals surface area contributed by atoms with Gasteiger partial charge in [0, 0.05) is 0 Å². The average molecular weight is 475 g/mol. The molecule has 0 heterocycles. The van der Waals surface area contributed by atoms with Gasteiger partial charge in [-0.15, -0.1) is 0 Å². The Morgan fingerprint density at radius 1 is 0.758 bits per heavy atom. The summed E-state index contributed by atoms with van der Waals surface area (Å²) in [6, 6.07) is 13.7. The van der Waals surface area contributed by atoms with Gasteiger partial charge in [0.1, 0.15) is 0 Å². The molecule has 0 unspecified atom stereocenters. The predicted octanol–water partition coefficient (Wildman–Crippen LogP) is 3.82. The van der Waals surface area contributed by atoms with Crippen LogP contribution in [0.15, 0.2) is 71.6 Å². The molecule has 170 valence electrons. The second-order valence-electron chi connectivity index (χ2n) is 6.38. The van der Waals surface area contributed by atoms with E-state index in [2.05, 4.69) is 5.43 Å². The van der Waals surface area contributed by atoms with E-state index in [0.717, 1.165) is 12.1 Å². The lowest BCUT2D eigenvalue weighted by Crippen LogP contribution is -2.25. The number of benzene rings is 3. The van der Waals surface area contributed by atoms with E-state index in [1.807, 2.05) is 0 Å². The normalized spacial score (nSPS) is 10.9. The first kappa shape index (κ1) is 23.0. The van der Waals surface area contributed by atoms with Crippen molar-refractivity contribution in [2.45, 2.75) is 4.90 Å². The standard InChI is InChI=1S/C18H13N5O9S/c24-21(25)14-10-16(22(26)27)18(17(11-14)23(28)29)19-20(12-4-2-1-3-5-12)13-6-8-15(9-7-13)33(30,31)32/h1-11,19H,(H,30,31,32).